The van der Waals surface area contributed by atoms with E-state index >= 15 is 0 Å². The van der Waals surface area contributed by atoms with Gasteiger partial charge in [-0.25, -0.2) is 0 Å². The van der Waals surface area contributed by atoms with Crippen LogP contribution in [0.4, 0.5) is 0 Å². The second kappa shape index (κ2) is 6.62. The summed E-state index contributed by atoms with van der Waals surface area (Å²) < 4.78 is 5.55. The number of nitriles is 1. The maximum Gasteiger partial charge on any atom is 0.243 e. The Balaban J connectivity index is 1.89. The molecule has 0 saturated carbocycles. The van der Waals surface area contributed by atoms with Crippen molar-refractivity contribution in [2.24, 2.45) is 11.7 Å². The number of benzene rings is 1. The molecule has 0 unspecified atom stereocenters. The molecule has 3 rings (SSSR count). The number of aryl methyl sites for hydroxylation is 1. The van der Waals surface area contributed by atoms with Crippen LogP contribution in [0.15, 0.2) is 40.6 Å². The summed E-state index contributed by atoms with van der Waals surface area (Å²) in [7, 11) is 0. The molecule has 0 amide bonds. The Morgan fingerprint density at radius 3 is 2.71 bits per heavy atom. The fourth-order valence-corrected chi connectivity index (χ4v) is 3.77. The van der Waals surface area contributed by atoms with E-state index in [0.717, 1.165) is 17.0 Å². The lowest BCUT2D eigenvalue weighted by molar-refractivity contribution is 0.360. The molecule has 1 aromatic carbocycles. The molecule has 5 nitrogen and oxygen atoms in total. The van der Waals surface area contributed by atoms with Crippen LogP contribution in [0.2, 0.25) is 0 Å². The molecule has 0 spiro atoms. The molecule has 2 heterocycles. The van der Waals surface area contributed by atoms with Gasteiger partial charge in [-0.1, -0.05) is 31.5 Å². The molecular formula is C18H20N4OS. The first-order valence-corrected chi connectivity index (χ1v) is 8.84. The van der Waals surface area contributed by atoms with E-state index in [1.54, 1.807) is 11.8 Å². The van der Waals surface area contributed by atoms with Crippen molar-refractivity contribution in [3.05, 3.63) is 52.5 Å². The van der Waals surface area contributed by atoms with E-state index in [0.29, 0.717) is 11.5 Å². The zero-order valence-corrected chi connectivity index (χ0v) is 14.8. The van der Waals surface area contributed by atoms with Gasteiger partial charge in [-0.2, -0.15) is 5.26 Å². The van der Waals surface area contributed by atoms with Crippen molar-refractivity contribution < 1.29 is 4.74 Å². The van der Waals surface area contributed by atoms with Crippen LogP contribution in [0.1, 0.15) is 36.6 Å². The van der Waals surface area contributed by atoms with Gasteiger partial charge in [-0.05, 0) is 25.0 Å². The second-order valence-electron chi connectivity index (χ2n) is 6.24. The quantitative estimate of drug-likeness (QED) is 0.826. The first kappa shape index (κ1) is 16.5. The zero-order valence-electron chi connectivity index (χ0n) is 14.0. The van der Waals surface area contributed by atoms with Gasteiger partial charge in [-0.3, -0.25) is 5.10 Å². The van der Waals surface area contributed by atoms with Gasteiger partial charge in [0, 0.05) is 22.1 Å². The predicted molar refractivity (Wildman–Crippen MR) is 94.4 cm³/mol. The van der Waals surface area contributed by atoms with E-state index in [1.165, 1.54) is 10.5 Å². The van der Waals surface area contributed by atoms with Gasteiger partial charge in [0.15, 0.2) is 0 Å². The lowest BCUT2D eigenvalue weighted by Gasteiger charge is -2.26. The van der Waals surface area contributed by atoms with Gasteiger partial charge in [0.25, 0.3) is 0 Å². The number of rotatable bonds is 4. The van der Waals surface area contributed by atoms with Crippen molar-refractivity contribution in [1.29, 1.82) is 5.26 Å². The minimum Gasteiger partial charge on any atom is -0.420 e. The number of nitrogens with one attached hydrogen (secondary N) is 1. The third-order valence-corrected chi connectivity index (χ3v) is 5.17. The molecule has 124 valence electrons. The molecule has 0 bridgehead atoms. The zero-order chi connectivity index (χ0) is 17.3. The van der Waals surface area contributed by atoms with Gasteiger partial charge < -0.3 is 10.5 Å². The van der Waals surface area contributed by atoms with Crippen molar-refractivity contribution in [2.45, 2.75) is 37.3 Å². The van der Waals surface area contributed by atoms with Crippen molar-refractivity contribution in [3.63, 3.8) is 0 Å². The van der Waals surface area contributed by atoms with Crippen molar-refractivity contribution in [3.8, 4) is 11.9 Å². The molecule has 0 aliphatic carbocycles. The van der Waals surface area contributed by atoms with Crippen LogP contribution >= 0.6 is 11.8 Å². The Labute approximate surface area is 145 Å². The summed E-state index contributed by atoms with van der Waals surface area (Å²) in [5.74, 6) is 1.52. The monoisotopic (exact) mass is 340 g/mol. The topological polar surface area (TPSA) is 87.7 Å². The number of allylic oxidation sites excluding steroid dienone is 1. The van der Waals surface area contributed by atoms with E-state index in [9.17, 15) is 5.26 Å². The average Bonchev–Trinajstić information content (AvgIpc) is 2.95. The van der Waals surface area contributed by atoms with Crippen LogP contribution in [0.5, 0.6) is 5.88 Å². The highest BCUT2D eigenvalue weighted by Gasteiger charge is 2.35. The molecular weight excluding hydrogens is 320 g/mol. The Morgan fingerprint density at radius 2 is 2.08 bits per heavy atom. The van der Waals surface area contributed by atoms with E-state index < -0.39 is 0 Å². The maximum atomic E-state index is 9.46. The SMILES string of the molecule is Cc1ccc(SCc2[nH]nc3c2[C@H](C(C)C)C(C#N)=C(N)O3)cc1. The summed E-state index contributed by atoms with van der Waals surface area (Å²) in [6.07, 6.45) is 0. The molecule has 2 aromatic rings. The molecule has 1 aliphatic rings. The number of nitrogens with two attached hydrogens (primary N) is 1. The average molecular weight is 340 g/mol. The molecule has 1 aromatic heterocycles. The standard InChI is InChI=1S/C18H20N4OS/c1-10(2)15-13(8-19)17(20)23-18-16(15)14(21-22-18)9-24-12-6-4-11(3)5-7-12/h4-7,10,15H,9,20H2,1-3H3,(H,21,22)/t15-/m1/s1. The van der Waals surface area contributed by atoms with Crippen LogP contribution < -0.4 is 10.5 Å². The largest absolute Gasteiger partial charge is 0.420 e. The summed E-state index contributed by atoms with van der Waals surface area (Å²) in [6.45, 7) is 6.23. The minimum atomic E-state index is -0.0916. The predicted octanol–water partition coefficient (Wildman–Crippen LogP) is 3.84. The summed E-state index contributed by atoms with van der Waals surface area (Å²) >= 11 is 1.73. The van der Waals surface area contributed by atoms with E-state index in [1.807, 2.05) is 0 Å². The van der Waals surface area contributed by atoms with Crippen molar-refractivity contribution >= 4 is 11.8 Å². The first-order valence-electron chi connectivity index (χ1n) is 7.85. The summed E-state index contributed by atoms with van der Waals surface area (Å²) in [6, 6.07) is 10.6. The number of aromatic nitrogens is 2. The van der Waals surface area contributed by atoms with Gasteiger partial charge in [0.2, 0.25) is 11.8 Å². The first-order chi connectivity index (χ1) is 11.5. The number of hydrogen-bond donors (Lipinski definition) is 2. The molecule has 1 atom stereocenters. The Kier molecular flexibility index (Phi) is 4.54. The summed E-state index contributed by atoms with van der Waals surface area (Å²) in [5.41, 5.74) is 9.56. The number of thioether (sulfide) groups is 1. The molecule has 24 heavy (non-hydrogen) atoms. The van der Waals surface area contributed by atoms with Crippen molar-refractivity contribution in [1.82, 2.24) is 10.2 Å². The van der Waals surface area contributed by atoms with Gasteiger partial charge in [0.05, 0.1) is 11.3 Å². The van der Waals surface area contributed by atoms with E-state index in [2.05, 4.69) is 61.3 Å². The highest BCUT2D eigenvalue weighted by Crippen LogP contribution is 2.43. The highest BCUT2D eigenvalue weighted by molar-refractivity contribution is 7.98. The maximum absolute atomic E-state index is 9.46. The Bertz CT molecular complexity index is 815. The smallest absolute Gasteiger partial charge is 0.243 e. The fourth-order valence-electron chi connectivity index (χ4n) is 2.91. The fraction of sp³-hybridized carbons (Fsp3) is 0.333. The van der Waals surface area contributed by atoms with Crippen LogP contribution in [-0.4, -0.2) is 10.2 Å². The number of ether oxygens (including phenoxy) is 1. The normalized spacial score (nSPS) is 16.7. The van der Waals surface area contributed by atoms with Gasteiger partial charge in [0.1, 0.15) is 6.07 Å². The molecule has 0 saturated heterocycles. The number of hydrogen-bond acceptors (Lipinski definition) is 5. The summed E-state index contributed by atoms with van der Waals surface area (Å²) in [4.78, 5) is 1.19. The van der Waals surface area contributed by atoms with Gasteiger partial charge in [-0.15, -0.1) is 16.9 Å². The third-order valence-electron chi connectivity index (χ3n) is 4.13. The van der Waals surface area contributed by atoms with E-state index in [4.69, 9.17) is 10.5 Å². The minimum absolute atomic E-state index is 0.0916. The number of aromatic amines is 1. The van der Waals surface area contributed by atoms with E-state index in [-0.39, 0.29) is 17.7 Å². The van der Waals surface area contributed by atoms with Gasteiger partial charge >= 0.3 is 0 Å². The highest BCUT2D eigenvalue weighted by atomic mass is 32.2. The third kappa shape index (κ3) is 3.00. The van der Waals surface area contributed by atoms with Crippen LogP contribution in [-0.2, 0) is 5.75 Å². The molecule has 0 fully saturated rings. The second-order valence-corrected chi connectivity index (χ2v) is 7.28. The Morgan fingerprint density at radius 1 is 1.38 bits per heavy atom. The van der Waals surface area contributed by atoms with Crippen molar-refractivity contribution in [2.75, 3.05) is 0 Å². The molecule has 0 radical (unpaired) electrons. The lowest BCUT2D eigenvalue weighted by Crippen LogP contribution is -2.23. The molecule has 6 heteroatoms. The molecule has 1 aliphatic heterocycles. The number of H-pyrrole nitrogens is 1. The molecule has 3 N–H and O–H groups in total. The van der Waals surface area contributed by atoms with Crippen LogP contribution in [0.3, 0.4) is 0 Å². The Hall–Kier alpha value is -2.39. The van der Waals surface area contributed by atoms with Crippen LogP contribution in [0, 0.1) is 24.2 Å². The van der Waals surface area contributed by atoms with Crippen LogP contribution in [0.25, 0.3) is 0 Å². The summed E-state index contributed by atoms with van der Waals surface area (Å²) in [5, 5.41) is 16.8. The lowest BCUT2D eigenvalue weighted by atomic mass is 9.82. The number of nitrogens with zero attached hydrogens (tertiary/aromatic N) is 2. The number of fused-ring (bicyclic) bond motifs is 1.